The van der Waals surface area contributed by atoms with E-state index in [0.29, 0.717) is 17.6 Å². The Morgan fingerprint density at radius 1 is 1.61 bits per heavy atom. The average Bonchev–Trinajstić information content (AvgIpc) is 3.04. The molecule has 96 valence electrons. The third kappa shape index (κ3) is 3.43. The van der Waals surface area contributed by atoms with Crippen LogP contribution in [0.15, 0.2) is 4.34 Å². The minimum absolute atomic E-state index is 0.0367. The van der Waals surface area contributed by atoms with Crippen molar-refractivity contribution < 1.29 is 4.79 Å². The van der Waals surface area contributed by atoms with Gasteiger partial charge >= 0.3 is 0 Å². The van der Waals surface area contributed by atoms with Gasteiger partial charge < -0.3 is 0 Å². The molecule has 0 atom stereocenters. The largest absolute Gasteiger partial charge is 0.284 e. The summed E-state index contributed by atoms with van der Waals surface area (Å²) in [7, 11) is 0. The zero-order valence-corrected chi connectivity index (χ0v) is 11.8. The molecular weight excluding hydrogens is 268 g/mol. The maximum atomic E-state index is 11.6. The Labute approximate surface area is 114 Å². The summed E-state index contributed by atoms with van der Waals surface area (Å²) in [5.41, 5.74) is 0. The number of amides is 1. The van der Waals surface area contributed by atoms with Crippen molar-refractivity contribution in [2.45, 2.75) is 43.0 Å². The molecular formula is C11H14N4OS2. The summed E-state index contributed by atoms with van der Waals surface area (Å²) in [6, 6.07) is 2.44. The lowest BCUT2D eigenvalue weighted by Gasteiger charge is -2.15. The van der Waals surface area contributed by atoms with E-state index in [2.05, 4.69) is 16.3 Å². The molecule has 1 saturated carbocycles. The van der Waals surface area contributed by atoms with E-state index in [1.54, 1.807) is 23.6 Å². The Balaban J connectivity index is 1.92. The maximum Gasteiger partial charge on any atom is 0.225 e. The summed E-state index contributed by atoms with van der Waals surface area (Å²) in [5, 5.41) is 17.3. The number of aromatic nitrogens is 2. The fraction of sp³-hybridized carbons (Fsp3) is 0.636. The molecule has 0 spiro atoms. The Hall–Kier alpha value is -1.13. The van der Waals surface area contributed by atoms with Gasteiger partial charge in [0.25, 0.3) is 0 Å². The van der Waals surface area contributed by atoms with Crippen LogP contribution >= 0.6 is 23.1 Å². The number of unbranched alkanes of at least 4 members (excludes halogenated alkanes) is 1. The van der Waals surface area contributed by atoms with Gasteiger partial charge in [-0.2, -0.15) is 5.26 Å². The summed E-state index contributed by atoms with van der Waals surface area (Å²) < 4.78 is 0.870. The summed E-state index contributed by atoms with van der Waals surface area (Å²) >= 11 is 3.06. The highest BCUT2D eigenvalue weighted by atomic mass is 32.2. The first kappa shape index (κ1) is 13.3. The third-order valence-electron chi connectivity index (χ3n) is 2.51. The fourth-order valence-electron chi connectivity index (χ4n) is 1.55. The van der Waals surface area contributed by atoms with Crippen LogP contribution in [0.4, 0.5) is 5.13 Å². The third-order valence-corrected chi connectivity index (χ3v) is 4.65. The quantitative estimate of drug-likeness (QED) is 0.455. The zero-order chi connectivity index (χ0) is 13.0. The zero-order valence-electron chi connectivity index (χ0n) is 10.1. The standard InChI is InChI=1S/C11H14N4OS2/c1-8(16)15(9-4-5-9)10-13-14-11(18-10)17-7-3-2-6-12/h9H,2-5,7H2,1H3. The summed E-state index contributed by atoms with van der Waals surface area (Å²) in [5.74, 6) is 0.904. The second-order valence-electron chi connectivity index (χ2n) is 4.08. The van der Waals surface area contributed by atoms with Crippen LogP contribution in [0.25, 0.3) is 0 Å². The molecule has 0 aromatic carbocycles. The van der Waals surface area contributed by atoms with E-state index in [0.717, 1.165) is 29.4 Å². The van der Waals surface area contributed by atoms with E-state index in [1.807, 2.05) is 0 Å². The van der Waals surface area contributed by atoms with Crippen LogP contribution in [0.1, 0.15) is 32.6 Å². The van der Waals surface area contributed by atoms with Crippen molar-refractivity contribution in [2.75, 3.05) is 10.7 Å². The molecule has 18 heavy (non-hydrogen) atoms. The van der Waals surface area contributed by atoms with Crippen molar-refractivity contribution in [3.8, 4) is 6.07 Å². The smallest absolute Gasteiger partial charge is 0.225 e. The highest BCUT2D eigenvalue weighted by molar-refractivity contribution is 8.01. The molecule has 1 aromatic heterocycles. The van der Waals surface area contributed by atoms with E-state index in [4.69, 9.17) is 5.26 Å². The average molecular weight is 282 g/mol. The van der Waals surface area contributed by atoms with Gasteiger partial charge in [0.05, 0.1) is 6.07 Å². The van der Waals surface area contributed by atoms with E-state index in [1.165, 1.54) is 11.3 Å². The first-order valence-corrected chi connectivity index (χ1v) is 7.65. The minimum atomic E-state index is 0.0367. The van der Waals surface area contributed by atoms with E-state index >= 15 is 0 Å². The molecule has 0 radical (unpaired) electrons. The molecule has 0 N–H and O–H groups in total. The maximum absolute atomic E-state index is 11.6. The first-order valence-electron chi connectivity index (χ1n) is 5.85. The number of nitrogens with zero attached hydrogens (tertiary/aromatic N) is 4. The monoisotopic (exact) mass is 282 g/mol. The van der Waals surface area contributed by atoms with Crippen molar-refractivity contribution >= 4 is 34.1 Å². The van der Waals surface area contributed by atoms with E-state index in [-0.39, 0.29) is 5.91 Å². The van der Waals surface area contributed by atoms with Crippen LogP contribution < -0.4 is 4.90 Å². The SMILES string of the molecule is CC(=O)N(c1nnc(SCCCC#N)s1)C1CC1. The van der Waals surface area contributed by atoms with Gasteiger partial charge in [-0.3, -0.25) is 9.69 Å². The first-order chi connectivity index (χ1) is 8.72. The van der Waals surface area contributed by atoms with Crippen LogP contribution in [-0.4, -0.2) is 27.9 Å². The molecule has 2 rings (SSSR count). The van der Waals surface area contributed by atoms with Crippen LogP contribution in [0, 0.1) is 11.3 Å². The van der Waals surface area contributed by atoms with E-state index < -0.39 is 0 Å². The topological polar surface area (TPSA) is 69.9 Å². The molecule has 1 aliphatic rings. The van der Waals surface area contributed by atoms with Crippen LogP contribution in [0.2, 0.25) is 0 Å². The van der Waals surface area contributed by atoms with Crippen molar-refractivity contribution in [3.63, 3.8) is 0 Å². The second-order valence-corrected chi connectivity index (χ2v) is 6.38. The predicted octanol–water partition coefficient (Wildman–Crippen LogP) is 2.45. The van der Waals surface area contributed by atoms with Gasteiger partial charge in [0.2, 0.25) is 11.0 Å². The summed E-state index contributed by atoms with van der Waals surface area (Å²) in [6.45, 7) is 1.57. The number of carbonyl (C=O) groups excluding carboxylic acids is 1. The van der Waals surface area contributed by atoms with E-state index in [9.17, 15) is 4.79 Å². The van der Waals surface area contributed by atoms with Gasteiger partial charge in [-0.1, -0.05) is 23.1 Å². The number of anilines is 1. The molecule has 0 aliphatic heterocycles. The molecule has 7 heteroatoms. The number of rotatable bonds is 6. The van der Waals surface area contributed by atoms with Gasteiger partial charge in [0.15, 0.2) is 4.34 Å². The Kier molecular flexibility index (Phi) is 4.55. The van der Waals surface area contributed by atoms with Crippen LogP contribution in [0.3, 0.4) is 0 Å². The van der Waals surface area contributed by atoms with Crippen molar-refractivity contribution in [1.29, 1.82) is 5.26 Å². The van der Waals surface area contributed by atoms with Gasteiger partial charge in [-0.25, -0.2) is 0 Å². The molecule has 0 unspecified atom stereocenters. The van der Waals surface area contributed by atoms with Crippen LogP contribution in [-0.2, 0) is 4.79 Å². The molecule has 1 heterocycles. The lowest BCUT2D eigenvalue weighted by atomic mass is 10.4. The van der Waals surface area contributed by atoms with Crippen molar-refractivity contribution in [2.24, 2.45) is 0 Å². The number of hydrogen-bond acceptors (Lipinski definition) is 6. The number of hydrogen-bond donors (Lipinski definition) is 0. The summed E-state index contributed by atoms with van der Waals surface area (Å²) in [6.07, 6.45) is 3.54. The highest BCUT2D eigenvalue weighted by Gasteiger charge is 2.34. The predicted molar refractivity (Wildman–Crippen MR) is 71.7 cm³/mol. The molecule has 5 nitrogen and oxygen atoms in total. The Morgan fingerprint density at radius 2 is 2.39 bits per heavy atom. The van der Waals surface area contributed by atoms with Gasteiger partial charge in [0, 0.05) is 25.1 Å². The minimum Gasteiger partial charge on any atom is -0.284 e. The second kappa shape index (κ2) is 6.16. The number of nitriles is 1. The molecule has 1 aromatic rings. The van der Waals surface area contributed by atoms with Gasteiger partial charge in [-0.15, -0.1) is 10.2 Å². The highest BCUT2D eigenvalue weighted by Crippen LogP contribution is 2.35. The van der Waals surface area contributed by atoms with Gasteiger partial charge in [0.1, 0.15) is 0 Å². The van der Waals surface area contributed by atoms with Gasteiger partial charge in [-0.05, 0) is 19.3 Å². The fourth-order valence-corrected chi connectivity index (χ4v) is 3.52. The molecule has 1 amide bonds. The normalized spacial score (nSPS) is 14.2. The molecule has 0 bridgehead atoms. The Morgan fingerprint density at radius 3 is 3.00 bits per heavy atom. The molecule has 0 saturated heterocycles. The Bertz CT molecular complexity index is 464. The van der Waals surface area contributed by atoms with Crippen LogP contribution in [0.5, 0.6) is 0 Å². The lowest BCUT2D eigenvalue weighted by Crippen LogP contribution is -2.30. The summed E-state index contributed by atoms with van der Waals surface area (Å²) in [4.78, 5) is 13.3. The number of thioether (sulfide) groups is 1. The van der Waals surface area contributed by atoms with Crippen molar-refractivity contribution in [3.05, 3.63) is 0 Å². The molecule has 1 aliphatic carbocycles. The van der Waals surface area contributed by atoms with Crippen molar-refractivity contribution in [1.82, 2.24) is 10.2 Å². The molecule has 1 fully saturated rings. The lowest BCUT2D eigenvalue weighted by molar-refractivity contribution is -0.116. The number of carbonyl (C=O) groups is 1.